The predicted octanol–water partition coefficient (Wildman–Crippen LogP) is 12.4. The molecule has 0 unspecified atom stereocenters. The van der Waals surface area contributed by atoms with Gasteiger partial charge in [0.05, 0.1) is 5.41 Å². The average molecular weight is 598 g/mol. The maximum atomic E-state index is 3.99. The first-order chi connectivity index (χ1) is 22.0. The SMILES string of the molecule is CC(C)c1ccc2c(c1)C1(c3cc(C(C)C)ccc3-2)c2ccccc2-c2c(Nc3cccc4sc5ccccc5c34)cccc21. The Labute approximate surface area is 269 Å². The van der Waals surface area contributed by atoms with Gasteiger partial charge in [-0.15, -0.1) is 11.3 Å². The van der Waals surface area contributed by atoms with Gasteiger partial charge in [0.1, 0.15) is 0 Å². The Morgan fingerprint density at radius 2 is 1.11 bits per heavy atom. The van der Waals surface area contributed by atoms with Gasteiger partial charge in [0, 0.05) is 37.1 Å². The van der Waals surface area contributed by atoms with E-state index in [4.69, 9.17) is 0 Å². The van der Waals surface area contributed by atoms with Crippen molar-refractivity contribution in [2.75, 3.05) is 5.32 Å². The van der Waals surface area contributed by atoms with E-state index in [9.17, 15) is 0 Å². The molecule has 2 aliphatic rings. The zero-order valence-electron chi connectivity index (χ0n) is 26.1. The molecule has 7 aromatic rings. The van der Waals surface area contributed by atoms with Gasteiger partial charge in [-0.2, -0.15) is 0 Å². The molecule has 1 heterocycles. The smallest absolute Gasteiger partial charge is 0.0726 e. The summed E-state index contributed by atoms with van der Waals surface area (Å²) >= 11 is 1.87. The molecule has 0 bridgehead atoms. The van der Waals surface area contributed by atoms with Gasteiger partial charge in [0.2, 0.25) is 0 Å². The van der Waals surface area contributed by atoms with Crippen LogP contribution in [-0.4, -0.2) is 0 Å². The van der Waals surface area contributed by atoms with E-state index in [1.807, 2.05) is 11.3 Å². The normalized spacial score (nSPS) is 13.9. The van der Waals surface area contributed by atoms with Crippen molar-refractivity contribution in [3.05, 3.63) is 155 Å². The van der Waals surface area contributed by atoms with Gasteiger partial charge in [-0.1, -0.05) is 125 Å². The molecule has 1 spiro atoms. The fourth-order valence-corrected chi connectivity index (χ4v) is 9.25. The monoisotopic (exact) mass is 597 g/mol. The van der Waals surface area contributed by atoms with E-state index in [0.29, 0.717) is 11.8 Å². The second-order valence-electron chi connectivity index (χ2n) is 13.3. The van der Waals surface area contributed by atoms with E-state index in [2.05, 4.69) is 154 Å². The van der Waals surface area contributed by atoms with Crippen LogP contribution in [0.5, 0.6) is 0 Å². The van der Waals surface area contributed by atoms with E-state index < -0.39 is 0 Å². The topological polar surface area (TPSA) is 12.0 Å². The van der Waals surface area contributed by atoms with Crippen molar-refractivity contribution >= 4 is 42.9 Å². The molecule has 0 fully saturated rings. The number of benzene rings is 6. The van der Waals surface area contributed by atoms with E-state index in [-0.39, 0.29) is 5.41 Å². The first-order valence-electron chi connectivity index (χ1n) is 16.2. The highest BCUT2D eigenvalue weighted by molar-refractivity contribution is 7.26. The quantitative estimate of drug-likeness (QED) is 0.213. The minimum absolute atomic E-state index is 0.370. The van der Waals surface area contributed by atoms with E-state index >= 15 is 0 Å². The Morgan fingerprint density at radius 1 is 0.511 bits per heavy atom. The molecule has 0 aliphatic heterocycles. The second-order valence-corrected chi connectivity index (χ2v) is 14.4. The third kappa shape index (κ3) is 3.61. The van der Waals surface area contributed by atoms with E-state index in [1.54, 1.807) is 0 Å². The Hall–Kier alpha value is -4.66. The predicted molar refractivity (Wildman–Crippen MR) is 194 cm³/mol. The summed E-state index contributed by atoms with van der Waals surface area (Å²) in [4.78, 5) is 0. The van der Waals surface area contributed by atoms with E-state index in [0.717, 1.165) is 11.4 Å². The molecule has 9 rings (SSSR count). The summed E-state index contributed by atoms with van der Waals surface area (Å²) in [6.07, 6.45) is 0. The van der Waals surface area contributed by atoms with Gasteiger partial charge in [0.15, 0.2) is 0 Å². The van der Waals surface area contributed by atoms with Crippen LogP contribution in [0.25, 0.3) is 42.4 Å². The molecule has 0 amide bonds. The Morgan fingerprint density at radius 3 is 1.84 bits per heavy atom. The third-order valence-corrected chi connectivity index (χ3v) is 11.4. The number of fused-ring (bicyclic) bond motifs is 13. The lowest BCUT2D eigenvalue weighted by atomic mass is 9.69. The van der Waals surface area contributed by atoms with Crippen LogP contribution < -0.4 is 5.32 Å². The molecule has 0 atom stereocenters. The van der Waals surface area contributed by atoms with Crippen LogP contribution in [0.1, 0.15) is 72.9 Å². The fraction of sp³-hybridized carbons (Fsp3) is 0.163. The number of hydrogen-bond acceptors (Lipinski definition) is 2. The van der Waals surface area contributed by atoms with Crippen LogP contribution in [0.3, 0.4) is 0 Å². The molecule has 218 valence electrons. The highest BCUT2D eigenvalue weighted by Crippen LogP contribution is 2.64. The first kappa shape index (κ1) is 26.7. The molecular formula is C43H35NS. The molecule has 45 heavy (non-hydrogen) atoms. The highest BCUT2D eigenvalue weighted by Gasteiger charge is 2.52. The van der Waals surface area contributed by atoms with Crippen LogP contribution in [0.15, 0.2) is 121 Å². The van der Waals surface area contributed by atoms with Crippen LogP contribution in [-0.2, 0) is 5.41 Å². The molecule has 6 aromatic carbocycles. The van der Waals surface area contributed by atoms with Gasteiger partial charge in [0.25, 0.3) is 0 Å². The molecule has 2 aliphatic carbocycles. The van der Waals surface area contributed by atoms with Gasteiger partial charge in [-0.05, 0) is 86.2 Å². The maximum absolute atomic E-state index is 3.99. The number of rotatable bonds is 4. The Bertz CT molecular complexity index is 2260. The van der Waals surface area contributed by atoms with Crippen molar-refractivity contribution in [2.45, 2.75) is 44.9 Å². The zero-order valence-corrected chi connectivity index (χ0v) is 26.9. The summed E-state index contributed by atoms with van der Waals surface area (Å²) in [5, 5.41) is 6.60. The molecule has 0 radical (unpaired) electrons. The van der Waals surface area contributed by atoms with E-state index in [1.165, 1.54) is 75.8 Å². The van der Waals surface area contributed by atoms with Crippen molar-refractivity contribution in [1.82, 2.24) is 0 Å². The van der Waals surface area contributed by atoms with Crippen LogP contribution in [0.2, 0.25) is 0 Å². The lowest BCUT2D eigenvalue weighted by Crippen LogP contribution is -2.26. The zero-order chi connectivity index (χ0) is 30.4. The molecule has 0 saturated heterocycles. The minimum Gasteiger partial charge on any atom is -0.354 e. The summed E-state index contributed by atoms with van der Waals surface area (Å²) in [6.45, 7) is 9.22. The largest absolute Gasteiger partial charge is 0.354 e. The maximum Gasteiger partial charge on any atom is 0.0726 e. The first-order valence-corrected chi connectivity index (χ1v) is 17.0. The van der Waals surface area contributed by atoms with Crippen LogP contribution >= 0.6 is 11.3 Å². The number of thiophene rings is 1. The molecule has 1 aromatic heterocycles. The molecule has 0 saturated carbocycles. The molecule has 1 nitrogen and oxygen atoms in total. The fourth-order valence-electron chi connectivity index (χ4n) is 8.11. The lowest BCUT2D eigenvalue weighted by Gasteiger charge is -2.31. The van der Waals surface area contributed by atoms with Gasteiger partial charge < -0.3 is 5.32 Å². The third-order valence-electron chi connectivity index (χ3n) is 10.3. The van der Waals surface area contributed by atoms with Crippen LogP contribution in [0.4, 0.5) is 11.4 Å². The number of hydrogen-bond donors (Lipinski definition) is 1. The van der Waals surface area contributed by atoms with Crippen molar-refractivity contribution in [2.24, 2.45) is 0 Å². The Balaban J connectivity index is 1.35. The molecular weight excluding hydrogens is 563 g/mol. The summed E-state index contributed by atoms with van der Waals surface area (Å²) in [6, 6.07) is 46.0. The number of anilines is 2. The van der Waals surface area contributed by atoms with Crippen molar-refractivity contribution in [3.63, 3.8) is 0 Å². The van der Waals surface area contributed by atoms with Crippen molar-refractivity contribution in [3.8, 4) is 22.3 Å². The lowest BCUT2D eigenvalue weighted by molar-refractivity contribution is 0.777. The highest BCUT2D eigenvalue weighted by atomic mass is 32.1. The molecule has 1 N–H and O–H groups in total. The summed E-state index contributed by atoms with van der Waals surface area (Å²) in [7, 11) is 0. The van der Waals surface area contributed by atoms with Gasteiger partial charge in [-0.3, -0.25) is 0 Å². The van der Waals surface area contributed by atoms with Crippen molar-refractivity contribution in [1.29, 1.82) is 0 Å². The minimum atomic E-state index is -0.370. The van der Waals surface area contributed by atoms with Gasteiger partial charge >= 0.3 is 0 Å². The second kappa shape index (κ2) is 9.67. The number of nitrogens with one attached hydrogen (secondary N) is 1. The Kier molecular flexibility index (Phi) is 5.74. The summed E-state index contributed by atoms with van der Waals surface area (Å²) < 4.78 is 2.64. The van der Waals surface area contributed by atoms with Crippen LogP contribution in [0, 0.1) is 0 Å². The standard InChI is InChI=1S/C43H35NS/c1-25(2)27-19-21-29-30-22-20-28(26(3)4)24-36(30)43(35(29)23-27)33-13-7-5-11-31(33)41-34(43)14-9-15-37(41)44-38-16-10-18-40-42(38)32-12-6-8-17-39(32)45-40/h5-26,44H,1-4H3. The molecule has 2 heteroatoms. The average Bonchev–Trinajstić information content (AvgIpc) is 3.69. The summed E-state index contributed by atoms with van der Waals surface area (Å²) in [5.74, 6) is 0.902. The van der Waals surface area contributed by atoms with Crippen molar-refractivity contribution < 1.29 is 0 Å². The summed E-state index contributed by atoms with van der Waals surface area (Å²) in [5.41, 5.74) is 15.7. The van der Waals surface area contributed by atoms with Gasteiger partial charge in [-0.25, -0.2) is 0 Å².